The first-order chi connectivity index (χ1) is 11.1. The quantitative estimate of drug-likeness (QED) is 0.937. The van der Waals surface area contributed by atoms with E-state index < -0.39 is 0 Å². The topological polar surface area (TPSA) is 62.3 Å². The summed E-state index contributed by atoms with van der Waals surface area (Å²) in [5.74, 6) is -0.176. The molecule has 1 saturated heterocycles. The summed E-state index contributed by atoms with van der Waals surface area (Å²) in [5, 5.41) is 5.83. The van der Waals surface area contributed by atoms with Gasteiger partial charge in [0, 0.05) is 17.5 Å². The number of hydrogen-bond acceptors (Lipinski definition) is 4. The molecule has 120 valence electrons. The number of nitrogens with one attached hydrogen (secondary N) is 1. The molecule has 1 N–H and O–H groups in total. The zero-order valence-electron chi connectivity index (χ0n) is 13.0. The van der Waals surface area contributed by atoms with Gasteiger partial charge in [-0.15, -0.1) is 11.3 Å². The highest BCUT2D eigenvalue weighted by atomic mass is 32.1. The fourth-order valence-corrected chi connectivity index (χ4v) is 3.43. The van der Waals surface area contributed by atoms with Crippen LogP contribution in [0.2, 0.25) is 0 Å². The molecule has 1 aliphatic heterocycles. The van der Waals surface area contributed by atoms with Crippen LogP contribution in [0, 0.1) is 6.92 Å². The third kappa shape index (κ3) is 3.59. The summed E-state index contributed by atoms with van der Waals surface area (Å²) in [5.41, 5.74) is 1.49. The number of amides is 2. The number of thiazole rings is 1. The van der Waals surface area contributed by atoms with Crippen molar-refractivity contribution >= 4 is 23.2 Å². The molecule has 1 aromatic carbocycles. The van der Waals surface area contributed by atoms with Crippen LogP contribution >= 0.6 is 11.3 Å². The van der Waals surface area contributed by atoms with Gasteiger partial charge in [0.2, 0.25) is 5.91 Å². The average Bonchev–Trinajstić information content (AvgIpc) is 3.21. The molecule has 0 radical (unpaired) electrons. The second kappa shape index (κ2) is 6.91. The molecule has 1 aliphatic rings. The van der Waals surface area contributed by atoms with Crippen molar-refractivity contribution in [1.82, 2.24) is 15.2 Å². The van der Waals surface area contributed by atoms with Crippen LogP contribution in [-0.2, 0) is 11.3 Å². The Bertz CT molecular complexity index is 699. The Morgan fingerprint density at radius 3 is 2.83 bits per heavy atom. The maximum Gasteiger partial charge on any atom is 0.254 e. The summed E-state index contributed by atoms with van der Waals surface area (Å²) < 4.78 is 0. The normalized spacial score (nSPS) is 17.3. The summed E-state index contributed by atoms with van der Waals surface area (Å²) >= 11 is 1.56. The van der Waals surface area contributed by atoms with Crippen molar-refractivity contribution in [3.05, 3.63) is 52.0 Å². The molecule has 0 spiro atoms. The van der Waals surface area contributed by atoms with Gasteiger partial charge in [-0.3, -0.25) is 9.59 Å². The fraction of sp³-hybridized carbons (Fsp3) is 0.353. The van der Waals surface area contributed by atoms with E-state index in [2.05, 4.69) is 10.3 Å². The Morgan fingerprint density at radius 2 is 2.13 bits per heavy atom. The molecule has 0 bridgehead atoms. The second-order valence-corrected chi connectivity index (χ2v) is 6.66. The third-order valence-corrected chi connectivity index (χ3v) is 4.77. The van der Waals surface area contributed by atoms with Crippen LogP contribution in [0.1, 0.15) is 33.9 Å². The monoisotopic (exact) mass is 329 g/mol. The number of benzene rings is 1. The highest BCUT2D eigenvalue weighted by Crippen LogP contribution is 2.20. The largest absolute Gasteiger partial charge is 0.349 e. The SMILES string of the molecule is Cc1nc(CNC(=O)[C@H]2CCCN2C(=O)c2ccccc2)cs1. The van der Waals surface area contributed by atoms with Gasteiger partial charge in [-0.1, -0.05) is 18.2 Å². The molecular formula is C17H19N3O2S. The van der Waals surface area contributed by atoms with Gasteiger partial charge in [0.1, 0.15) is 6.04 Å². The number of carbonyl (C=O) groups is 2. The molecule has 1 atom stereocenters. The van der Waals surface area contributed by atoms with Crippen LogP contribution in [-0.4, -0.2) is 34.3 Å². The number of hydrogen-bond donors (Lipinski definition) is 1. The van der Waals surface area contributed by atoms with Gasteiger partial charge in [0.05, 0.1) is 17.2 Å². The predicted molar refractivity (Wildman–Crippen MR) is 89.2 cm³/mol. The standard InChI is InChI=1S/C17H19N3O2S/c1-12-19-14(11-23-12)10-18-16(21)15-8-5-9-20(15)17(22)13-6-3-2-4-7-13/h2-4,6-7,11,15H,5,8-10H2,1H3,(H,18,21)/t15-/m1/s1. The molecule has 0 unspecified atom stereocenters. The van der Waals surface area contributed by atoms with Crippen LogP contribution in [0.25, 0.3) is 0 Å². The Balaban J connectivity index is 1.64. The van der Waals surface area contributed by atoms with Gasteiger partial charge in [0.25, 0.3) is 5.91 Å². The van der Waals surface area contributed by atoms with Gasteiger partial charge in [-0.25, -0.2) is 4.98 Å². The maximum absolute atomic E-state index is 12.6. The Hall–Kier alpha value is -2.21. The van der Waals surface area contributed by atoms with E-state index in [4.69, 9.17) is 0 Å². The maximum atomic E-state index is 12.6. The molecular weight excluding hydrogens is 310 g/mol. The zero-order chi connectivity index (χ0) is 16.2. The predicted octanol–water partition coefficient (Wildman–Crippen LogP) is 2.37. The number of nitrogens with zero attached hydrogens (tertiary/aromatic N) is 2. The molecule has 0 aliphatic carbocycles. The van der Waals surface area contributed by atoms with Gasteiger partial charge in [-0.05, 0) is 31.9 Å². The molecule has 23 heavy (non-hydrogen) atoms. The Kier molecular flexibility index (Phi) is 4.71. The molecule has 1 aromatic heterocycles. The van der Waals surface area contributed by atoms with Gasteiger partial charge in [0.15, 0.2) is 0 Å². The van der Waals surface area contributed by atoms with Crippen LogP contribution in [0.5, 0.6) is 0 Å². The van der Waals surface area contributed by atoms with Crippen molar-refractivity contribution in [3.8, 4) is 0 Å². The first kappa shape index (κ1) is 15.7. The summed E-state index contributed by atoms with van der Waals surface area (Å²) in [4.78, 5) is 31.0. The van der Waals surface area contributed by atoms with Gasteiger partial charge in [-0.2, -0.15) is 0 Å². The summed E-state index contributed by atoms with van der Waals surface area (Å²) in [6, 6.07) is 8.73. The molecule has 2 heterocycles. The number of carbonyl (C=O) groups excluding carboxylic acids is 2. The van der Waals surface area contributed by atoms with Crippen molar-refractivity contribution in [3.63, 3.8) is 0 Å². The van der Waals surface area contributed by atoms with E-state index in [0.29, 0.717) is 25.1 Å². The molecule has 5 nitrogen and oxygen atoms in total. The first-order valence-electron chi connectivity index (χ1n) is 7.70. The Labute approximate surface area is 139 Å². The van der Waals surface area contributed by atoms with Gasteiger partial charge >= 0.3 is 0 Å². The zero-order valence-corrected chi connectivity index (χ0v) is 13.8. The Morgan fingerprint density at radius 1 is 1.35 bits per heavy atom. The minimum absolute atomic E-state index is 0.0762. The molecule has 2 aromatic rings. The van der Waals surface area contributed by atoms with Crippen molar-refractivity contribution in [2.45, 2.75) is 32.4 Å². The van der Waals surface area contributed by atoms with Crippen LogP contribution < -0.4 is 5.32 Å². The van der Waals surface area contributed by atoms with E-state index in [1.165, 1.54) is 0 Å². The fourth-order valence-electron chi connectivity index (χ4n) is 2.81. The summed E-state index contributed by atoms with van der Waals surface area (Å²) in [6.07, 6.45) is 1.56. The molecule has 1 fully saturated rings. The number of aryl methyl sites for hydroxylation is 1. The van der Waals surface area contributed by atoms with Crippen molar-refractivity contribution in [1.29, 1.82) is 0 Å². The number of aromatic nitrogens is 1. The minimum Gasteiger partial charge on any atom is -0.349 e. The lowest BCUT2D eigenvalue weighted by atomic mass is 10.1. The van der Waals surface area contributed by atoms with E-state index in [9.17, 15) is 9.59 Å². The van der Waals surface area contributed by atoms with Crippen molar-refractivity contribution in [2.75, 3.05) is 6.54 Å². The highest BCUT2D eigenvalue weighted by Gasteiger charge is 2.34. The second-order valence-electron chi connectivity index (χ2n) is 5.60. The lowest BCUT2D eigenvalue weighted by molar-refractivity contribution is -0.125. The summed E-state index contributed by atoms with van der Waals surface area (Å²) in [7, 11) is 0. The van der Waals surface area contributed by atoms with Crippen molar-refractivity contribution in [2.24, 2.45) is 0 Å². The highest BCUT2D eigenvalue weighted by molar-refractivity contribution is 7.09. The molecule has 0 saturated carbocycles. The number of likely N-dealkylation sites (tertiary alicyclic amines) is 1. The number of rotatable bonds is 4. The molecule has 3 rings (SSSR count). The van der Waals surface area contributed by atoms with E-state index in [1.54, 1.807) is 28.4 Å². The van der Waals surface area contributed by atoms with E-state index >= 15 is 0 Å². The van der Waals surface area contributed by atoms with Crippen LogP contribution in [0.4, 0.5) is 0 Å². The summed E-state index contributed by atoms with van der Waals surface area (Å²) in [6.45, 7) is 2.97. The first-order valence-corrected chi connectivity index (χ1v) is 8.58. The smallest absolute Gasteiger partial charge is 0.254 e. The van der Waals surface area contributed by atoms with E-state index in [-0.39, 0.29) is 17.9 Å². The lowest BCUT2D eigenvalue weighted by Gasteiger charge is -2.24. The molecule has 2 amide bonds. The molecule has 6 heteroatoms. The van der Waals surface area contributed by atoms with E-state index in [0.717, 1.165) is 17.1 Å². The minimum atomic E-state index is -0.387. The average molecular weight is 329 g/mol. The van der Waals surface area contributed by atoms with Crippen LogP contribution in [0.15, 0.2) is 35.7 Å². The van der Waals surface area contributed by atoms with Crippen LogP contribution in [0.3, 0.4) is 0 Å². The van der Waals surface area contributed by atoms with Crippen molar-refractivity contribution < 1.29 is 9.59 Å². The van der Waals surface area contributed by atoms with E-state index in [1.807, 2.05) is 30.5 Å². The lowest BCUT2D eigenvalue weighted by Crippen LogP contribution is -2.45. The third-order valence-electron chi connectivity index (χ3n) is 3.95. The van der Waals surface area contributed by atoms with Gasteiger partial charge < -0.3 is 10.2 Å².